The number of anilines is 1. The maximum atomic E-state index is 12.1. The van der Waals surface area contributed by atoms with Gasteiger partial charge < -0.3 is 10.1 Å². The van der Waals surface area contributed by atoms with Gasteiger partial charge in [0.15, 0.2) is 6.10 Å². The molecule has 0 aromatic heterocycles. The lowest BCUT2D eigenvalue weighted by atomic mass is 10.1. The number of amides is 1. The quantitative estimate of drug-likeness (QED) is 0.796. The van der Waals surface area contributed by atoms with Crippen LogP contribution in [0.25, 0.3) is 0 Å². The van der Waals surface area contributed by atoms with Crippen LogP contribution in [0.5, 0.6) is 0 Å². The Kier molecular flexibility index (Phi) is 5.93. The molecule has 0 spiro atoms. The number of carbonyl (C=O) groups excluding carboxylic acids is 2. The molecule has 2 aromatic carbocycles. The number of nitrogens with one attached hydrogen (secondary N) is 1. The molecular weight excluding hydrogens is 358 g/mol. The highest BCUT2D eigenvalue weighted by Crippen LogP contribution is 2.14. The lowest BCUT2D eigenvalue weighted by Crippen LogP contribution is -2.30. The minimum Gasteiger partial charge on any atom is -0.449 e. The van der Waals surface area contributed by atoms with Gasteiger partial charge in [0, 0.05) is 10.2 Å². The normalized spacial score (nSPS) is 11.6. The number of carbonyl (C=O) groups is 2. The van der Waals surface area contributed by atoms with Crippen LogP contribution in [-0.2, 0) is 16.0 Å². The van der Waals surface area contributed by atoms with Gasteiger partial charge in [-0.25, -0.2) is 4.79 Å². The summed E-state index contributed by atoms with van der Waals surface area (Å²) in [5.74, 6) is -0.895. The summed E-state index contributed by atoms with van der Waals surface area (Å²) in [6.07, 6.45) is 0.0573. The first-order valence-corrected chi connectivity index (χ1v) is 8.15. The Morgan fingerprint density at radius 2 is 1.87 bits per heavy atom. The molecule has 120 valence electrons. The predicted octanol–water partition coefficient (Wildman–Crippen LogP) is 4.20. The van der Waals surface area contributed by atoms with E-state index >= 15 is 0 Å². The van der Waals surface area contributed by atoms with Crippen LogP contribution in [0.1, 0.15) is 29.8 Å². The highest BCUT2D eigenvalue weighted by atomic mass is 79.9. The van der Waals surface area contributed by atoms with Gasteiger partial charge in [-0.2, -0.15) is 0 Å². The van der Waals surface area contributed by atoms with Crippen molar-refractivity contribution >= 4 is 33.5 Å². The molecule has 0 aliphatic carbocycles. The molecule has 1 N–H and O–H groups in total. The van der Waals surface area contributed by atoms with Gasteiger partial charge in [-0.15, -0.1) is 0 Å². The number of hydrogen-bond acceptors (Lipinski definition) is 3. The summed E-state index contributed by atoms with van der Waals surface area (Å²) < 4.78 is 5.98. The van der Waals surface area contributed by atoms with E-state index in [1.54, 1.807) is 25.1 Å². The third-order valence-electron chi connectivity index (χ3n) is 3.34. The van der Waals surface area contributed by atoms with Crippen molar-refractivity contribution in [2.75, 3.05) is 5.32 Å². The first kappa shape index (κ1) is 17.2. The summed E-state index contributed by atoms with van der Waals surface area (Å²) >= 11 is 3.29. The predicted molar refractivity (Wildman–Crippen MR) is 93.5 cm³/mol. The molecule has 1 atom stereocenters. The molecule has 0 radical (unpaired) electrons. The van der Waals surface area contributed by atoms with E-state index in [0.29, 0.717) is 11.3 Å². The number of rotatable bonds is 5. The third-order valence-corrected chi connectivity index (χ3v) is 3.84. The largest absolute Gasteiger partial charge is 0.449 e. The molecule has 0 bridgehead atoms. The second-order valence-electron chi connectivity index (χ2n) is 5.10. The van der Waals surface area contributed by atoms with Gasteiger partial charge in [-0.1, -0.05) is 41.1 Å². The standard InChI is InChI=1S/C18H18BrNO3/c1-3-13-7-9-16(10-8-13)20-17(21)12(2)23-18(22)14-5-4-6-15(19)11-14/h4-12H,3H2,1-2H3,(H,20,21)/t12-/m1/s1. The van der Waals surface area contributed by atoms with Crippen LogP contribution in [0.4, 0.5) is 5.69 Å². The number of aryl methyl sites for hydroxylation is 1. The van der Waals surface area contributed by atoms with Crippen LogP contribution in [0, 0.1) is 0 Å². The minimum atomic E-state index is -0.882. The third kappa shape index (κ3) is 4.93. The average molecular weight is 376 g/mol. The summed E-state index contributed by atoms with van der Waals surface area (Å²) in [5, 5.41) is 2.74. The molecule has 0 heterocycles. The molecule has 2 rings (SSSR count). The SMILES string of the molecule is CCc1ccc(NC(=O)[C@@H](C)OC(=O)c2cccc(Br)c2)cc1. The molecule has 0 fully saturated rings. The molecule has 2 aromatic rings. The number of benzene rings is 2. The monoisotopic (exact) mass is 375 g/mol. The van der Waals surface area contributed by atoms with Crippen molar-refractivity contribution in [3.63, 3.8) is 0 Å². The van der Waals surface area contributed by atoms with E-state index in [4.69, 9.17) is 4.74 Å². The molecule has 0 aliphatic heterocycles. The molecular formula is C18H18BrNO3. The van der Waals surface area contributed by atoms with Crippen LogP contribution in [0.3, 0.4) is 0 Å². The van der Waals surface area contributed by atoms with E-state index in [9.17, 15) is 9.59 Å². The summed E-state index contributed by atoms with van der Waals surface area (Å²) in [5.41, 5.74) is 2.26. The Morgan fingerprint density at radius 1 is 1.17 bits per heavy atom. The zero-order valence-electron chi connectivity index (χ0n) is 13.0. The second-order valence-corrected chi connectivity index (χ2v) is 6.01. The number of esters is 1. The van der Waals surface area contributed by atoms with E-state index in [-0.39, 0.29) is 5.91 Å². The molecule has 0 saturated carbocycles. The zero-order valence-corrected chi connectivity index (χ0v) is 14.6. The van der Waals surface area contributed by atoms with Crippen molar-refractivity contribution in [2.45, 2.75) is 26.4 Å². The number of halogens is 1. The summed E-state index contributed by atoms with van der Waals surface area (Å²) in [6, 6.07) is 14.4. The minimum absolute atomic E-state index is 0.363. The fourth-order valence-corrected chi connectivity index (χ4v) is 2.36. The van der Waals surface area contributed by atoms with Crippen LogP contribution in [-0.4, -0.2) is 18.0 Å². The first-order valence-electron chi connectivity index (χ1n) is 7.36. The van der Waals surface area contributed by atoms with Crippen molar-refractivity contribution in [2.24, 2.45) is 0 Å². The van der Waals surface area contributed by atoms with Crippen LogP contribution >= 0.6 is 15.9 Å². The van der Waals surface area contributed by atoms with Gasteiger partial charge in [0.05, 0.1) is 5.56 Å². The van der Waals surface area contributed by atoms with Crippen molar-refractivity contribution in [1.29, 1.82) is 0 Å². The molecule has 23 heavy (non-hydrogen) atoms. The van der Waals surface area contributed by atoms with Crippen LogP contribution in [0.15, 0.2) is 53.0 Å². The fraction of sp³-hybridized carbons (Fsp3) is 0.222. The molecule has 5 heteroatoms. The molecule has 0 saturated heterocycles. The topological polar surface area (TPSA) is 55.4 Å². The van der Waals surface area contributed by atoms with E-state index in [1.165, 1.54) is 5.56 Å². The maximum absolute atomic E-state index is 12.1. The Morgan fingerprint density at radius 3 is 2.48 bits per heavy atom. The van der Waals surface area contributed by atoms with Crippen LogP contribution in [0.2, 0.25) is 0 Å². The smallest absolute Gasteiger partial charge is 0.338 e. The van der Waals surface area contributed by atoms with Gasteiger partial charge in [0.1, 0.15) is 0 Å². The Hall–Kier alpha value is -2.14. The second kappa shape index (κ2) is 7.92. The van der Waals surface area contributed by atoms with Gasteiger partial charge in [0.25, 0.3) is 5.91 Å². The summed E-state index contributed by atoms with van der Waals surface area (Å²) in [4.78, 5) is 24.1. The van der Waals surface area contributed by atoms with Crippen LogP contribution < -0.4 is 5.32 Å². The zero-order chi connectivity index (χ0) is 16.8. The first-order chi connectivity index (χ1) is 11.0. The number of hydrogen-bond donors (Lipinski definition) is 1. The maximum Gasteiger partial charge on any atom is 0.338 e. The van der Waals surface area contributed by atoms with Crippen molar-refractivity contribution in [3.8, 4) is 0 Å². The van der Waals surface area contributed by atoms with Gasteiger partial charge in [-0.3, -0.25) is 4.79 Å². The van der Waals surface area contributed by atoms with E-state index < -0.39 is 12.1 Å². The lowest BCUT2D eigenvalue weighted by Gasteiger charge is -2.14. The summed E-state index contributed by atoms with van der Waals surface area (Å²) in [6.45, 7) is 3.61. The summed E-state index contributed by atoms with van der Waals surface area (Å²) in [7, 11) is 0. The molecule has 4 nitrogen and oxygen atoms in total. The fourth-order valence-electron chi connectivity index (χ4n) is 1.97. The molecule has 0 aliphatic rings. The van der Waals surface area contributed by atoms with Gasteiger partial charge in [0.2, 0.25) is 0 Å². The van der Waals surface area contributed by atoms with Crippen molar-refractivity contribution in [3.05, 3.63) is 64.1 Å². The number of ether oxygens (including phenoxy) is 1. The average Bonchev–Trinajstić information content (AvgIpc) is 2.55. The molecule has 0 unspecified atom stereocenters. The Labute approximate surface area is 144 Å². The van der Waals surface area contributed by atoms with Crippen molar-refractivity contribution in [1.82, 2.24) is 0 Å². The molecule has 1 amide bonds. The van der Waals surface area contributed by atoms with E-state index in [2.05, 4.69) is 28.2 Å². The van der Waals surface area contributed by atoms with Gasteiger partial charge >= 0.3 is 5.97 Å². The van der Waals surface area contributed by atoms with E-state index in [0.717, 1.165) is 10.9 Å². The lowest BCUT2D eigenvalue weighted by molar-refractivity contribution is -0.123. The van der Waals surface area contributed by atoms with Gasteiger partial charge in [-0.05, 0) is 49.2 Å². The highest BCUT2D eigenvalue weighted by Gasteiger charge is 2.19. The Bertz CT molecular complexity index is 698. The van der Waals surface area contributed by atoms with Crippen molar-refractivity contribution < 1.29 is 14.3 Å². The Balaban J connectivity index is 1.95. The van der Waals surface area contributed by atoms with E-state index in [1.807, 2.05) is 30.3 Å². The highest BCUT2D eigenvalue weighted by molar-refractivity contribution is 9.10.